The first-order chi connectivity index (χ1) is 15.8. The molecule has 0 spiro atoms. The SMILES string of the molecule is CCCCCCCCSC(=Nc1ccccc1)Nc1cccc(C2CN3CCSC3=N2)c1. The number of benzene rings is 2. The number of rotatable bonds is 10. The van der Waals surface area contributed by atoms with Gasteiger partial charge in [0.2, 0.25) is 0 Å². The summed E-state index contributed by atoms with van der Waals surface area (Å²) >= 11 is 3.71. The average Bonchev–Trinajstić information content (AvgIpc) is 3.42. The van der Waals surface area contributed by atoms with Crippen molar-refractivity contribution in [2.24, 2.45) is 9.98 Å². The number of unbranched alkanes of at least 4 members (excludes halogenated alkanes) is 5. The molecule has 6 heteroatoms. The van der Waals surface area contributed by atoms with Crippen molar-refractivity contribution in [2.45, 2.75) is 51.5 Å². The van der Waals surface area contributed by atoms with Crippen molar-refractivity contribution in [1.29, 1.82) is 0 Å². The Hall–Kier alpha value is -1.92. The summed E-state index contributed by atoms with van der Waals surface area (Å²) in [6, 6.07) is 19.2. The van der Waals surface area contributed by atoms with Crippen LogP contribution in [-0.2, 0) is 0 Å². The van der Waals surface area contributed by atoms with Crippen LogP contribution < -0.4 is 5.32 Å². The lowest BCUT2D eigenvalue weighted by atomic mass is 10.1. The Morgan fingerprint density at radius 3 is 2.78 bits per heavy atom. The highest BCUT2D eigenvalue weighted by molar-refractivity contribution is 8.14. The highest BCUT2D eigenvalue weighted by atomic mass is 32.2. The van der Waals surface area contributed by atoms with Crippen LogP contribution in [0.1, 0.15) is 57.1 Å². The minimum Gasteiger partial charge on any atom is -0.348 e. The predicted octanol–water partition coefficient (Wildman–Crippen LogP) is 7.34. The molecular formula is C26H34N4S2. The molecule has 1 unspecified atom stereocenters. The van der Waals surface area contributed by atoms with Crippen LogP contribution in [0, 0.1) is 0 Å². The number of nitrogens with zero attached hydrogens (tertiary/aromatic N) is 3. The molecular weight excluding hydrogens is 432 g/mol. The zero-order chi connectivity index (χ0) is 22.0. The van der Waals surface area contributed by atoms with Gasteiger partial charge in [-0.1, -0.05) is 92.9 Å². The maximum Gasteiger partial charge on any atom is 0.166 e. The molecule has 0 amide bonds. The molecule has 1 N–H and O–H groups in total. The van der Waals surface area contributed by atoms with Gasteiger partial charge in [0.1, 0.15) is 0 Å². The normalized spacial score (nSPS) is 18.0. The molecule has 0 saturated carbocycles. The molecule has 0 bridgehead atoms. The zero-order valence-electron chi connectivity index (χ0n) is 19.0. The van der Waals surface area contributed by atoms with Crippen molar-refractivity contribution in [3.63, 3.8) is 0 Å². The Balaban J connectivity index is 1.39. The number of nitrogens with one attached hydrogen (secondary N) is 1. The van der Waals surface area contributed by atoms with E-state index in [-0.39, 0.29) is 6.04 Å². The fourth-order valence-corrected chi connectivity index (χ4v) is 5.95. The molecule has 2 aromatic rings. The van der Waals surface area contributed by atoms with Gasteiger partial charge in [0.05, 0.1) is 11.7 Å². The van der Waals surface area contributed by atoms with Crippen molar-refractivity contribution in [3.05, 3.63) is 60.2 Å². The Bertz CT molecular complexity index is 913. The summed E-state index contributed by atoms with van der Waals surface area (Å²) in [6.07, 6.45) is 7.89. The Morgan fingerprint density at radius 2 is 1.94 bits per heavy atom. The van der Waals surface area contributed by atoms with Gasteiger partial charge in [-0.2, -0.15) is 0 Å². The molecule has 32 heavy (non-hydrogen) atoms. The standard InChI is InChI=1S/C26H34N4S2/c1-2-3-4-5-6-10-17-31-25(27-22-13-8-7-9-14-22)28-23-15-11-12-21(19-23)24-20-30-16-18-32-26(30)29-24/h7-9,11-15,19,24H,2-6,10,16-18,20H2,1H3,(H,27,28). The second kappa shape index (κ2) is 12.4. The van der Waals surface area contributed by atoms with E-state index in [1.165, 1.54) is 55.0 Å². The fourth-order valence-electron chi connectivity index (χ4n) is 4.00. The van der Waals surface area contributed by atoms with Crippen molar-refractivity contribution in [3.8, 4) is 0 Å². The maximum atomic E-state index is 4.94. The third kappa shape index (κ3) is 6.79. The average molecular weight is 467 g/mol. The number of anilines is 1. The summed E-state index contributed by atoms with van der Waals surface area (Å²) in [5.74, 6) is 2.26. The van der Waals surface area contributed by atoms with E-state index in [0.717, 1.165) is 35.4 Å². The van der Waals surface area contributed by atoms with E-state index >= 15 is 0 Å². The summed E-state index contributed by atoms with van der Waals surface area (Å²) < 4.78 is 0. The van der Waals surface area contributed by atoms with Crippen LogP contribution in [0.4, 0.5) is 11.4 Å². The molecule has 1 atom stereocenters. The molecule has 1 saturated heterocycles. The van der Waals surface area contributed by atoms with Crippen LogP contribution in [0.15, 0.2) is 64.6 Å². The molecule has 2 aliphatic rings. The third-order valence-electron chi connectivity index (χ3n) is 5.77. The molecule has 2 heterocycles. The minimum atomic E-state index is 0.241. The second-order valence-electron chi connectivity index (χ2n) is 8.34. The molecule has 0 radical (unpaired) electrons. The quantitative estimate of drug-likeness (QED) is 0.226. The summed E-state index contributed by atoms with van der Waals surface area (Å²) in [5.41, 5.74) is 3.35. The van der Waals surface area contributed by atoms with Crippen LogP contribution in [0.2, 0.25) is 0 Å². The molecule has 4 rings (SSSR count). The molecule has 1 fully saturated rings. The molecule has 0 aromatic heterocycles. The van der Waals surface area contributed by atoms with Crippen molar-refractivity contribution >= 4 is 45.2 Å². The van der Waals surface area contributed by atoms with Gasteiger partial charge < -0.3 is 10.2 Å². The molecule has 2 aliphatic heterocycles. The largest absolute Gasteiger partial charge is 0.348 e. The zero-order valence-corrected chi connectivity index (χ0v) is 20.6. The molecule has 0 aliphatic carbocycles. The number of thioether (sulfide) groups is 2. The fraction of sp³-hybridized carbons (Fsp3) is 0.462. The topological polar surface area (TPSA) is 40.0 Å². The Morgan fingerprint density at radius 1 is 1.09 bits per heavy atom. The lowest BCUT2D eigenvalue weighted by Gasteiger charge is -2.15. The van der Waals surface area contributed by atoms with E-state index < -0.39 is 0 Å². The summed E-state index contributed by atoms with van der Waals surface area (Å²) in [4.78, 5) is 12.3. The smallest absolute Gasteiger partial charge is 0.166 e. The van der Waals surface area contributed by atoms with Crippen LogP contribution in [0.5, 0.6) is 0 Å². The van der Waals surface area contributed by atoms with E-state index in [9.17, 15) is 0 Å². The van der Waals surface area contributed by atoms with Crippen molar-refractivity contribution < 1.29 is 0 Å². The second-order valence-corrected chi connectivity index (χ2v) is 10.5. The summed E-state index contributed by atoms with van der Waals surface area (Å²) in [6.45, 7) is 4.40. The first-order valence-electron chi connectivity index (χ1n) is 11.9. The maximum absolute atomic E-state index is 4.94. The van der Waals surface area contributed by atoms with Gasteiger partial charge in [0, 0.05) is 30.3 Å². The highest BCUT2D eigenvalue weighted by Crippen LogP contribution is 2.33. The van der Waals surface area contributed by atoms with E-state index in [1.807, 2.05) is 41.7 Å². The first kappa shape index (κ1) is 23.2. The lowest BCUT2D eigenvalue weighted by Crippen LogP contribution is -2.21. The number of aliphatic imine (C=N–C) groups is 2. The number of para-hydroxylation sites is 1. The van der Waals surface area contributed by atoms with Crippen molar-refractivity contribution in [2.75, 3.05) is 29.9 Å². The monoisotopic (exact) mass is 466 g/mol. The van der Waals surface area contributed by atoms with Gasteiger partial charge in [-0.25, -0.2) is 4.99 Å². The lowest BCUT2D eigenvalue weighted by molar-refractivity contribution is 0.464. The van der Waals surface area contributed by atoms with E-state index in [4.69, 9.17) is 9.98 Å². The van der Waals surface area contributed by atoms with Crippen molar-refractivity contribution in [1.82, 2.24) is 4.90 Å². The van der Waals surface area contributed by atoms with Crippen LogP contribution >= 0.6 is 23.5 Å². The molecule has 170 valence electrons. The Kier molecular flexibility index (Phi) is 8.97. The number of hydrogen-bond donors (Lipinski definition) is 1. The van der Waals surface area contributed by atoms with Gasteiger partial charge in [-0.05, 0) is 36.2 Å². The van der Waals surface area contributed by atoms with Gasteiger partial charge in [-0.15, -0.1) is 0 Å². The summed E-state index contributed by atoms with van der Waals surface area (Å²) in [5, 5.41) is 5.78. The van der Waals surface area contributed by atoms with Crippen LogP contribution in [0.3, 0.4) is 0 Å². The third-order valence-corrected chi connectivity index (χ3v) is 7.74. The molecule has 4 nitrogen and oxygen atoms in total. The number of amidine groups is 2. The van der Waals surface area contributed by atoms with Gasteiger partial charge in [-0.3, -0.25) is 4.99 Å². The first-order valence-corrected chi connectivity index (χ1v) is 13.9. The van der Waals surface area contributed by atoms with E-state index in [1.54, 1.807) is 0 Å². The van der Waals surface area contributed by atoms with E-state index in [0.29, 0.717) is 0 Å². The van der Waals surface area contributed by atoms with Gasteiger partial charge in [0.15, 0.2) is 10.3 Å². The Labute approximate surface area is 201 Å². The molecule has 2 aromatic carbocycles. The minimum absolute atomic E-state index is 0.241. The van der Waals surface area contributed by atoms with Crippen LogP contribution in [0.25, 0.3) is 0 Å². The number of fused-ring (bicyclic) bond motifs is 1. The van der Waals surface area contributed by atoms with Gasteiger partial charge in [0.25, 0.3) is 0 Å². The number of hydrogen-bond acceptors (Lipinski definition) is 5. The van der Waals surface area contributed by atoms with E-state index in [2.05, 4.69) is 53.5 Å². The predicted molar refractivity (Wildman–Crippen MR) is 144 cm³/mol. The highest BCUT2D eigenvalue weighted by Gasteiger charge is 2.30. The summed E-state index contributed by atoms with van der Waals surface area (Å²) in [7, 11) is 0. The van der Waals surface area contributed by atoms with Crippen LogP contribution in [-0.4, -0.2) is 39.8 Å². The van der Waals surface area contributed by atoms with Gasteiger partial charge >= 0.3 is 0 Å².